The van der Waals surface area contributed by atoms with Crippen molar-refractivity contribution in [1.82, 2.24) is 0 Å². The number of unbranched alkanes of at least 4 members (excludes halogenated alkanes) is 3. The van der Waals surface area contributed by atoms with E-state index in [1.54, 1.807) is 0 Å². The van der Waals surface area contributed by atoms with Crippen LogP contribution in [0.5, 0.6) is 5.75 Å². The normalized spacial score (nSPS) is 21.3. The van der Waals surface area contributed by atoms with Gasteiger partial charge in [-0.25, -0.2) is 0 Å². The van der Waals surface area contributed by atoms with Gasteiger partial charge in [-0.3, -0.25) is 0 Å². The summed E-state index contributed by atoms with van der Waals surface area (Å²) in [5, 5.41) is 0. The second-order valence-corrected chi connectivity index (χ2v) is 6.50. The van der Waals surface area contributed by atoms with Crippen molar-refractivity contribution in [2.24, 2.45) is 5.92 Å². The van der Waals surface area contributed by atoms with E-state index < -0.39 is 18.9 Å². The number of hydrogen-bond donors (Lipinski definition) is 0. The molecule has 25 heavy (non-hydrogen) atoms. The van der Waals surface area contributed by atoms with Crippen molar-refractivity contribution in [1.29, 1.82) is 0 Å². The molecule has 0 spiro atoms. The highest BCUT2D eigenvalue weighted by molar-refractivity contribution is 5.28. The van der Waals surface area contributed by atoms with E-state index in [1.807, 2.05) is 24.3 Å². The molecule has 3 nitrogen and oxygen atoms in total. The van der Waals surface area contributed by atoms with Crippen molar-refractivity contribution in [3.63, 3.8) is 0 Å². The maximum atomic E-state index is 12.2. The van der Waals surface area contributed by atoms with Gasteiger partial charge in [-0.2, -0.15) is 13.2 Å². The Morgan fingerprint density at radius 3 is 2.32 bits per heavy atom. The van der Waals surface area contributed by atoms with Gasteiger partial charge in [-0.15, -0.1) is 0 Å². The van der Waals surface area contributed by atoms with Crippen molar-refractivity contribution in [2.45, 2.75) is 57.9 Å². The van der Waals surface area contributed by atoms with Gasteiger partial charge in [-0.05, 0) is 25.0 Å². The van der Waals surface area contributed by atoms with Crippen molar-refractivity contribution in [3.05, 3.63) is 29.8 Å². The van der Waals surface area contributed by atoms with Gasteiger partial charge in [-0.1, -0.05) is 38.3 Å². The summed E-state index contributed by atoms with van der Waals surface area (Å²) in [6.07, 6.45) is -0.738. The van der Waals surface area contributed by atoms with E-state index >= 15 is 0 Å². The van der Waals surface area contributed by atoms with Gasteiger partial charge in [0.1, 0.15) is 5.75 Å². The molecule has 142 valence electrons. The van der Waals surface area contributed by atoms with E-state index in [1.165, 1.54) is 19.3 Å². The summed E-state index contributed by atoms with van der Waals surface area (Å²) in [5.74, 6) is 0.600. The Bertz CT molecular complexity index is 480. The van der Waals surface area contributed by atoms with Crippen molar-refractivity contribution in [3.8, 4) is 5.75 Å². The first-order chi connectivity index (χ1) is 12.0. The zero-order valence-corrected chi connectivity index (χ0v) is 14.7. The average Bonchev–Trinajstić information content (AvgIpc) is 2.60. The molecule has 1 aromatic rings. The van der Waals surface area contributed by atoms with Gasteiger partial charge in [0.25, 0.3) is 0 Å². The largest absolute Gasteiger partial charge is 0.494 e. The predicted octanol–water partition coefficient (Wildman–Crippen LogP) is 5.65. The number of rotatable bonds is 9. The van der Waals surface area contributed by atoms with Crippen molar-refractivity contribution in [2.75, 3.05) is 19.8 Å². The summed E-state index contributed by atoms with van der Waals surface area (Å²) in [6, 6.07) is 7.50. The first-order valence-electron chi connectivity index (χ1n) is 9.00. The van der Waals surface area contributed by atoms with Crippen LogP contribution in [0.25, 0.3) is 0 Å². The van der Waals surface area contributed by atoms with Crippen LogP contribution < -0.4 is 4.74 Å². The van der Waals surface area contributed by atoms with Crippen LogP contribution in [-0.2, 0) is 9.47 Å². The van der Waals surface area contributed by atoms with E-state index in [4.69, 9.17) is 14.2 Å². The third-order valence-electron chi connectivity index (χ3n) is 4.22. The molecule has 0 atom stereocenters. The third-order valence-corrected chi connectivity index (χ3v) is 4.22. The van der Waals surface area contributed by atoms with Crippen molar-refractivity contribution < 1.29 is 27.4 Å². The predicted molar refractivity (Wildman–Crippen MR) is 89.5 cm³/mol. The number of hydrogen-bond acceptors (Lipinski definition) is 3. The molecular weight excluding hydrogens is 333 g/mol. The maximum Gasteiger partial charge on any atom is 0.389 e. The third kappa shape index (κ3) is 7.65. The van der Waals surface area contributed by atoms with Crippen LogP contribution in [0, 0.1) is 5.92 Å². The summed E-state index contributed by atoms with van der Waals surface area (Å²) in [6.45, 7) is 3.46. The zero-order chi connectivity index (χ0) is 18.1. The Balaban J connectivity index is 1.70. The molecule has 6 heteroatoms. The lowest BCUT2D eigenvalue weighted by Crippen LogP contribution is -2.28. The Hall–Kier alpha value is -1.27. The average molecular weight is 360 g/mol. The first kappa shape index (κ1) is 20.0. The molecular formula is C19H27F3O3. The molecule has 2 rings (SSSR count). The Morgan fingerprint density at radius 2 is 1.72 bits per heavy atom. The second-order valence-electron chi connectivity index (χ2n) is 6.50. The fourth-order valence-corrected chi connectivity index (χ4v) is 2.71. The molecule has 0 saturated carbocycles. The van der Waals surface area contributed by atoms with Gasteiger partial charge in [0, 0.05) is 17.9 Å². The van der Waals surface area contributed by atoms with Crippen LogP contribution in [0.1, 0.15) is 57.3 Å². The highest BCUT2D eigenvalue weighted by atomic mass is 19.4. The van der Waals surface area contributed by atoms with E-state index in [0.29, 0.717) is 6.61 Å². The van der Waals surface area contributed by atoms with Crippen LogP contribution in [0.15, 0.2) is 24.3 Å². The summed E-state index contributed by atoms with van der Waals surface area (Å²) in [5.41, 5.74) is 0.854. The summed E-state index contributed by atoms with van der Waals surface area (Å²) >= 11 is 0. The van der Waals surface area contributed by atoms with E-state index in [2.05, 4.69) is 6.92 Å². The lowest BCUT2D eigenvalue weighted by molar-refractivity contribution is -0.211. The van der Waals surface area contributed by atoms with E-state index in [9.17, 15) is 13.2 Å². The summed E-state index contributed by atoms with van der Waals surface area (Å²) in [7, 11) is 0. The SMILES string of the molecule is CCCCCCOc1ccc(C2OCC(CCC(F)(F)F)CO2)cc1. The molecule has 1 aliphatic heterocycles. The molecule has 1 fully saturated rings. The van der Waals surface area contributed by atoms with Gasteiger partial charge in [0.05, 0.1) is 19.8 Å². The highest BCUT2D eigenvalue weighted by Gasteiger charge is 2.30. The standard InChI is InChI=1S/C19H27F3O3/c1-2-3-4-5-12-23-17-8-6-16(7-9-17)18-24-13-15(14-25-18)10-11-19(20,21)22/h6-9,15,18H,2-5,10-14H2,1H3. The van der Waals surface area contributed by atoms with Crippen LogP contribution >= 0.6 is 0 Å². The zero-order valence-electron chi connectivity index (χ0n) is 14.7. The minimum absolute atomic E-state index is 0.0427. The molecule has 0 N–H and O–H groups in total. The minimum Gasteiger partial charge on any atom is -0.494 e. The Kier molecular flexibility index (Phi) is 8.03. The number of halogens is 3. The first-order valence-corrected chi connectivity index (χ1v) is 9.00. The summed E-state index contributed by atoms with van der Waals surface area (Å²) in [4.78, 5) is 0. The lowest BCUT2D eigenvalue weighted by atomic mass is 10.0. The Labute approximate surface area is 147 Å². The van der Waals surface area contributed by atoms with Crippen LogP contribution in [0.3, 0.4) is 0 Å². The van der Waals surface area contributed by atoms with Crippen LogP contribution in [-0.4, -0.2) is 26.0 Å². The van der Waals surface area contributed by atoms with E-state index in [-0.39, 0.29) is 25.6 Å². The van der Waals surface area contributed by atoms with Gasteiger partial charge >= 0.3 is 6.18 Å². The topological polar surface area (TPSA) is 27.7 Å². The van der Waals surface area contributed by atoms with Crippen LogP contribution in [0.2, 0.25) is 0 Å². The molecule has 0 bridgehead atoms. The molecule has 0 aromatic heterocycles. The van der Waals surface area contributed by atoms with Crippen LogP contribution in [0.4, 0.5) is 13.2 Å². The van der Waals surface area contributed by atoms with Gasteiger partial charge in [0.2, 0.25) is 0 Å². The molecule has 1 saturated heterocycles. The number of alkyl halides is 3. The minimum atomic E-state index is -4.12. The molecule has 1 aromatic carbocycles. The molecule has 0 aliphatic carbocycles. The van der Waals surface area contributed by atoms with Gasteiger partial charge in [0.15, 0.2) is 6.29 Å². The Morgan fingerprint density at radius 1 is 1.04 bits per heavy atom. The molecule has 0 unspecified atom stereocenters. The highest BCUT2D eigenvalue weighted by Crippen LogP contribution is 2.30. The van der Waals surface area contributed by atoms with Crippen molar-refractivity contribution >= 4 is 0 Å². The lowest BCUT2D eigenvalue weighted by Gasteiger charge is -2.29. The quantitative estimate of drug-likeness (QED) is 0.533. The monoisotopic (exact) mass is 360 g/mol. The molecule has 1 aliphatic rings. The molecule has 0 radical (unpaired) electrons. The number of ether oxygens (including phenoxy) is 3. The maximum absolute atomic E-state index is 12.2. The fourth-order valence-electron chi connectivity index (χ4n) is 2.71. The number of benzene rings is 1. The van der Waals surface area contributed by atoms with Gasteiger partial charge < -0.3 is 14.2 Å². The fraction of sp³-hybridized carbons (Fsp3) is 0.684. The summed E-state index contributed by atoms with van der Waals surface area (Å²) < 4.78 is 53.6. The smallest absolute Gasteiger partial charge is 0.389 e. The molecule has 0 amide bonds. The second kappa shape index (κ2) is 10.0. The van der Waals surface area contributed by atoms with E-state index in [0.717, 1.165) is 17.7 Å². The molecule has 1 heterocycles.